The fraction of sp³-hybridized carbons (Fsp3) is 0.280. The molecule has 3 aromatic carbocycles. The second-order valence-electron chi connectivity index (χ2n) is 7.73. The molecular formula is C25H25ClO2. The van der Waals surface area contributed by atoms with E-state index in [2.05, 4.69) is 38.1 Å². The molecule has 0 amide bonds. The van der Waals surface area contributed by atoms with Gasteiger partial charge in [0, 0.05) is 10.9 Å². The third kappa shape index (κ3) is 4.24. The second-order valence-corrected chi connectivity index (χ2v) is 8.17. The van der Waals surface area contributed by atoms with Crippen LogP contribution in [-0.2, 0) is 17.8 Å². The first-order valence-corrected chi connectivity index (χ1v) is 10.2. The zero-order valence-corrected chi connectivity index (χ0v) is 17.0. The minimum absolute atomic E-state index is 0.173. The topological polar surface area (TPSA) is 18.5 Å². The molecule has 0 fully saturated rings. The lowest BCUT2D eigenvalue weighted by atomic mass is 9.88. The molecule has 2 nitrogen and oxygen atoms in total. The molecule has 144 valence electrons. The first-order chi connectivity index (χ1) is 13.6. The van der Waals surface area contributed by atoms with Crippen LogP contribution in [0, 0.1) is 5.92 Å². The maximum Gasteiger partial charge on any atom is 0.127 e. The van der Waals surface area contributed by atoms with Crippen LogP contribution in [0.5, 0.6) is 11.5 Å². The zero-order valence-electron chi connectivity index (χ0n) is 16.3. The van der Waals surface area contributed by atoms with Crippen LogP contribution < -0.4 is 4.74 Å². The monoisotopic (exact) mass is 392 g/mol. The van der Waals surface area contributed by atoms with Crippen LogP contribution in [0.3, 0.4) is 0 Å². The van der Waals surface area contributed by atoms with Gasteiger partial charge in [-0.1, -0.05) is 61.8 Å². The van der Waals surface area contributed by atoms with Crippen LogP contribution in [0.15, 0.2) is 72.8 Å². The van der Waals surface area contributed by atoms with E-state index in [1.165, 1.54) is 11.1 Å². The fourth-order valence-electron chi connectivity index (χ4n) is 4.10. The Morgan fingerprint density at radius 1 is 0.929 bits per heavy atom. The summed E-state index contributed by atoms with van der Waals surface area (Å²) < 4.78 is 12.3. The van der Waals surface area contributed by atoms with Gasteiger partial charge < -0.3 is 9.47 Å². The fourth-order valence-corrected chi connectivity index (χ4v) is 4.29. The van der Waals surface area contributed by atoms with E-state index in [4.69, 9.17) is 21.1 Å². The summed E-state index contributed by atoms with van der Waals surface area (Å²) in [7, 11) is 0. The van der Waals surface area contributed by atoms with Gasteiger partial charge in [-0.25, -0.2) is 0 Å². The van der Waals surface area contributed by atoms with Crippen molar-refractivity contribution in [2.75, 3.05) is 0 Å². The number of para-hydroxylation sites is 1. The molecule has 0 aromatic heterocycles. The van der Waals surface area contributed by atoms with Crippen LogP contribution >= 0.6 is 11.6 Å². The molecule has 0 aliphatic heterocycles. The Morgan fingerprint density at radius 3 is 2.50 bits per heavy atom. The predicted molar refractivity (Wildman–Crippen MR) is 114 cm³/mol. The van der Waals surface area contributed by atoms with E-state index < -0.39 is 0 Å². The molecule has 2 atom stereocenters. The average Bonchev–Trinajstić information content (AvgIpc) is 3.05. The predicted octanol–water partition coefficient (Wildman–Crippen LogP) is 7.01. The summed E-state index contributed by atoms with van der Waals surface area (Å²) in [5.74, 6) is 2.58. The number of ether oxygens (including phenoxy) is 2. The molecule has 0 heterocycles. The van der Waals surface area contributed by atoms with Gasteiger partial charge in [-0.05, 0) is 65.4 Å². The summed E-state index contributed by atoms with van der Waals surface area (Å²) in [6.07, 6.45) is 1.09. The summed E-state index contributed by atoms with van der Waals surface area (Å²) in [6, 6.07) is 24.2. The Kier molecular flexibility index (Phi) is 5.70. The molecule has 2 unspecified atom stereocenters. The summed E-state index contributed by atoms with van der Waals surface area (Å²) in [5, 5.41) is 0.799. The average molecular weight is 393 g/mol. The minimum atomic E-state index is 0.173. The third-order valence-electron chi connectivity index (χ3n) is 5.35. The van der Waals surface area contributed by atoms with Crippen molar-refractivity contribution in [3.05, 3.63) is 94.5 Å². The quantitative estimate of drug-likeness (QED) is 0.449. The first kappa shape index (κ1) is 19.0. The first-order valence-electron chi connectivity index (χ1n) is 9.82. The number of rotatable bonds is 6. The van der Waals surface area contributed by atoms with Gasteiger partial charge in [0.15, 0.2) is 0 Å². The molecule has 0 spiro atoms. The maximum atomic E-state index is 6.39. The van der Waals surface area contributed by atoms with E-state index in [0.717, 1.165) is 28.5 Å². The number of fused-ring (bicyclic) bond motifs is 1. The molecule has 1 aliphatic rings. The molecule has 28 heavy (non-hydrogen) atoms. The summed E-state index contributed by atoms with van der Waals surface area (Å²) in [5.41, 5.74) is 3.81. The van der Waals surface area contributed by atoms with E-state index >= 15 is 0 Å². The summed E-state index contributed by atoms with van der Waals surface area (Å²) >= 11 is 6.20. The number of hydrogen-bond acceptors (Lipinski definition) is 2. The summed E-state index contributed by atoms with van der Waals surface area (Å²) in [4.78, 5) is 0. The van der Waals surface area contributed by atoms with Gasteiger partial charge in [0.25, 0.3) is 0 Å². The molecule has 0 radical (unpaired) electrons. The van der Waals surface area contributed by atoms with E-state index in [-0.39, 0.29) is 6.10 Å². The molecule has 3 heteroatoms. The lowest BCUT2D eigenvalue weighted by Gasteiger charge is -2.24. The van der Waals surface area contributed by atoms with Crippen LogP contribution in [0.1, 0.15) is 36.5 Å². The smallest absolute Gasteiger partial charge is 0.127 e. The van der Waals surface area contributed by atoms with Crippen molar-refractivity contribution in [1.82, 2.24) is 0 Å². The maximum absolute atomic E-state index is 6.39. The van der Waals surface area contributed by atoms with E-state index in [1.807, 2.05) is 48.5 Å². The van der Waals surface area contributed by atoms with Gasteiger partial charge in [-0.15, -0.1) is 0 Å². The van der Waals surface area contributed by atoms with Crippen LogP contribution in [0.25, 0.3) is 0 Å². The van der Waals surface area contributed by atoms with Crippen molar-refractivity contribution in [1.29, 1.82) is 0 Å². The number of benzene rings is 3. The standard InChI is InChI=1S/C25H25ClO2/c1-17(2)25-23-12-11-20(26)14-19(23)15-24(25)27-16-18-7-6-10-22(13-18)28-21-8-4-3-5-9-21/h3-14,17,24-25H,15-16H2,1-2H3. The van der Waals surface area contributed by atoms with Crippen molar-refractivity contribution >= 4 is 11.6 Å². The van der Waals surface area contributed by atoms with E-state index in [0.29, 0.717) is 18.4 Å². The highest BCUT2D eigenvalue weighted by atomic mass is 35.5. The van der Waals surface area contributed by atoms with Gasteiger partial charge in [0.2, 0.25) is 0 Å². The molecule has 0 saturated carbocycles. The van der Waals surface area contributed by atoms with Crippen LogP contribution in [0.4, 0.5) is 0 Å². The van der Waals surface area contributed by atoms with Gasteiger partial charge in [0.05, 0.1) is 12.7 Å². The Morgan fingerprint density at radius 2 is 1.71 bits per heavy atom. The molecule has 1 aliphatic carbocycles. The van der Waals surface area contributed by atoms with Gasteiger partial charge in [-0.3, -0.25) is 0 Å². The van der Waals surface area contributed by atoms with Crippen molar-refractivity contribution in [3.63, 3.8) is 0 Å². The van der Waals surface area contributed by atoms with E-state index in [9.17, 15) is 0 Å². The lowest BCUT2D eigenvalue weighted by Crippen LogP contribution is -2.22. The van der Waals surface area contributed by atoms with Crippen molar-refractivity contribution in [3.8, 4) is 11.5 Å². The normalized spacial score (nSPS) is 18.3. The van der Waals surface area contributed by atoms with Crippen LogP contribution in [0.2, 0.25) is 5.02 Å². The molecule has 0 bridgehead atoms. The van der Waals surface area contributed by atoms with E-state index in [1.54, 1.807) is 0 Å². The number of hydrogen-bond donors (Lipinski definition) is 0. The highest BCUT2D eigenvalue weighted by Crippen LogP contribution is 2.41. The van der Waals surface area contributed by atoms with Gasteiger partial charge in [-0.2, -0.15) is 0 Å². The third-order valence-corrected chi connectivity index (χ3v) is 5.58. The number of halogens is 1. The molecule has 0 saturated heterocycles. The molecular weight excluding hydrogens is 368 g/mol. The van der Waals surface area contributed by atoms with Gasteiger partial charge >= 0.3 is 0 Å². The molecule has 4 rings (SSSR count). The molecule has 0 N–H and O–H groups in total. The van der Waals surface area contributed by atoms with Crippen LogP contribution in [-0.4, -0.2) is 6.10 Å². The Labute approximate surface area is 172 Å². The second kappa shape index (κ2) is 8.38. The highest BCUT2D eigenvalue weighted by molar-refractivity contribution is 6.30. The zero-order chi connectivity index (χ0) is 19.5. The molecule has 3 aromatic rings. The Hall–Kier alpha value is -2.29. The van der Waals surface area contributed by atoms with Crippen molar-refractivity contribution in [2.45, 2.75) is 38.9 Å². The largest absolute Gasteiger partial charge is 0.457 e. The summed E-state index contributed by atoms with van der Waals surface area (Å²) in [6.45, 7) is 5.10. The minimum Gasteiger partial charge on any atom is -0.457 e. The Balaban J connectivity index is 1.45. The van der Waals surface area contributed by atoms with Crippen molar-refractivity contribution < 1.29 is 9.47 Å². The Bertz CT molecular complexity index is 936. The van der Waals surface area contributed by atoms with Crippen molar-refractivity contribution in [2.24, 2.45) is 5.92 Å². The SMILES string of the molecule is CC(C)C1c2ccc(Cl)cc2CC1OCc1cccc(Oc2ccccc2)c1. The highest BCUT2D eigenvalue weighted by Gasteiger charge is 2.35. The van der Waals surface area contributed by atoms with Gasteiger partial charge in [0.1, 0.15) is 11.5 Å². The lowest BCUT2D eigenvalue weighted by molar-refractivity contribution is 0.0204.